The fraction of sp³-hybridized carbons (Fsp3) is 0.357. The average molecular weight is 245 g/mol. The van der Waals surface area contributed by atoms with Gasteiger partial charge in [-0.15, -0.1) is 0 Å². The maximum Gasteiger partial charge on any atom is 0.151 e. The van der Waals surface area contributed by atoms with Crippen molar-refractivity contribution in [3.05, 3.63) is 42.0 Å². The van der Waals surface area contributed by atoms with Crippen LogP contribution in [0.3, 0.4) is 0 Å². The molecule has 0 aromatic carbocycles. The molecule has 0 radical (unpaired) electrons. The van der Waals surface area contributed by atoms with Crippen molar-refractivity contribution in [3.63, 3.8) is 0 Å². The van der Waals surface area contributed by atoms with Gasteiger partial charge < -0.3 is 14.6 Å². The molecule has 0 fully saturated rings. The van der Waals surface area contributed by atoms with E-state index >= 15 is 0 Å². The maximum atomic E-state index is 5.62. The molecule has 2 aromatic rings. The number of rotatable bonds is 4. The molecule has 18 heavy (non-hydrogen) atoms. The van der Waals surface area contributed by atoms with E-state index in [1.165, 1.54) is 0 Å². The minimum atomic E-state index is 0.113. The number of nitrogens with zero attached hydrogens (tertiary/aromatic N) is 2. The molecule has 2 rings (SSSR count). The van der Waals surface area contributed by atoms with Crippen molar-refractivity contribution in [1.29, 1.82) is 0 Å². The number of furan rings is 1. The molecule has 96 valence electrons. The zero-order chi connectivity index (χ0) is 13.1. The molecule has 0 saturated heterocycles. The van der Waals surface area contributed by atoms with Crippen LogP contribution in [0.1, 0.15) is 24.5 Å². The lowest BCUT2D eigenvalue weighted by Gasteiger charge is -2.19. The lowest BCUT2D eigenvalue weighted by atomic mass is 10.2. The van der Waals surface area contributed by atoms with Gasteiger partial charge in [0.25, 0.3) is 0 Å². The standard InChI is InChI=1S/C14H19N3O/c1-10-7-8-13(18-10)11(2)16-12-6-5-9-15-14(12)17(3)4/h5-9,11,16H,1-4H3. The summed E-state index contributed by atoms with van der Waals surface area (Å²) in [5, 5.41) is 3.42. The van der Waals surface area contributed by atoms with E-state index in [9.17, 15) is 0 Å². The van der Waals surface area contributed by atoms with Gasteiger partial charge in [-0.1, -0.05) is 0 Å². The molecule has 0 amide bonds. The van der Waals surface area contributed by atoms with Crippen molar-refractivity contribution >= 4 is 11.5 Å². The van der Waals surface area contributed by atoms with Crippen LogP contribution < -0.4 is 10.2 Å². The number of aryl methyl sites for hydroxylation is 1. The molecule has 2 aromatic heterocycles. The molecular weight excluding hydrogens is 226 g/mol. The Balaban J connectivity index is 2.19. The van der Waals surface area contributed by atoms with Crippen molar-refractivity contribution in [2.75, 3.05) is 24.3 Å². The van der Waals surface area contributed by atoms with Gasteiger partial charge >= 0.3 is 0 Å². The molecule has 1 unspecified atom stereocenters. The normalized spacial score (nSPS) is 12.2. The van der Waals surface area contributed by atoms with Crippen LogP contribution in [0.25, 0.3) is 0 Å². The Morgan fingerprint density at radius 3 is 2.67 bits per heavy atom. The smallest absolute Gasteiger partial charge is 0.151 e. The Morgan fingerprint density at radius 2 is 2.06 bits per heavy atom. The highest BCUT2D eigenvalue weighted by molar-refractivity contribution is 5.65. The summed E-state index contributed by atoms with van der Waals surface area (Å²) in [6.07, 6.45) is 1.79. The van der Waals surface area contributed by atoms with E-state index in [2.05, 4.69) is 17.2 Å². The fourth-order valence-electron chi connectivity index (χ4n) is 1.86. The molecular formula is C14H19N3O. The zero-order valence-corrected chi connectivity index (χ0v) is 11.3. The largest absolute Gasteiger partial charge is 0.464 e. The van der Waals surface area contributed by atoms with Gasteiger partial charge in [0.05, 0.1) is 11.7 Å². The number of hydrogen-bond donors (Lipinski definition) is 1. The van der Waals surface area contributed by atoms with Crippen LogP contribution in [0.2, 0.25) is 0 Å². The van der Waals surface area contributed by atoms with E-state index in [0.29, 0.717) is 0 Å². The van der Waals surface area contributed by atoms with E-state index in [4.69, 9.17) is 4.42 Å². The molecule has 0 aliphatic carbocycles. The zero-order valence-electron chi connectivity index (χ0n) is 11.3. The summed E-state index contributed by atoms with van der Waals surface area (Å²) in [6.45, 7) is 4.02. The number of anilines is 2. The molecule has 0 bridgehead atoms. The van der Waals surface area contributed by atoms with Crippen LogP contribution >= 0.6 is 0 Å². The predicted octanol–water partition coefficient (Wildman–Crippen LogP) is 3.22. The summed E-state index contributed by atoms with van der Waals surface area (Å²) in [6, 6.07) is 8.04. The summed E-state index contributed by atoms with van der Waals surface area (Å²) in [5.74, 6) is 2.78. The van der Waals surface area contributed by atoms with Crippen LogP contribution in [-0.2, 0) is 0 Å². The monoisotopic (exact) mass is 245 g/mol. The summed E-state index contributed by atoms with van der Waals surface area (Å²) in [5.41, 5.74) is 1.00. The third-order valence-electron chi connectivity index (χ3n) is 2.77. The number of aromatic nitrogens is 1. The van der Waals surface area contributed by atoms with E-state index in [-0.39, 0.29) is 6.04 Å². The van der Waals surface area contributed by atoms with Gasteiger partial charge in [-0.3, -0.25) is 0 Å². The Morgan fingerprint density at radius 1 is 1.28 bits per heavy atom. The highest BCUT2D eigenvalue weighted by atomic mass is 16.3. The number of nitrogens with one attached hydrogen (secondary N) is 1. The van der Waals surface area contributed by atoms with E-state index in [0.717, 1.165) is 23.0 Å². The van der Waals surface area contributed by atoms with Gasteiger partial charge in [-0.25, -0.2) is 4.98 Å². The van der Waals surface area contributed by atoms with Gasteiger partial charge in [-0.05, 0) is 38.1 Å². The summed E-state index contributed by atoms with van der Waals surface area (Å²) >= 11 is 0. The second-order valence-corrected chi connectivity index (χ2v) is 4.58. The van der Waals surface area contributed by atoms with Gasteiger partial charge in [0.2, 0.25) is 0 Å². The van der Waals surface area contributed by atoms with E-state index in [1.54, 1.807) is 6.20 Å². The predicted molar refractivity (Wildman–Crippen MR) is 74.0 cm³/mol. The molecule has 4 nitrogen and oxygen atoms in total. The second-order valence-electron chi connectivity index (χ2n) is 4.58. The van der Waals surface area contributed by atoms with Crippen molar-refractivity contribution in [2.24, 2.45) is 0 Å². The van der Waals surface area contributed by atoms with Crippen LogP contribution in [0.5, 0.6) is 0 Å². The first-order chi connectivity index (χ1) is 8.58. The molecule has 1 atom stereocenters. The van der Waals surface area contributed by atoms with Crippen LogP contribution in [0, 0.1) is 6.92 Å². The number of pyridine rings is 1. The molecule has 0 spiro atoms. The Bertz CT molecular complexity index is 519. The summed E-state index contributed by atoms with van der Waals surface area (Å²) in [7, 11) is 3.96. The highest BCUT2D eigenvalue weighted by Crippen LogP contribution is 2.26. The van der Waals surface area contributed by atoms with Gasteiger partial charge in [-0.2, -0.15) is 0 Å². The molecule has 2 heterocycles. The quantitative estimate of drug-likeness (QED) is 0.898. The summed E-state index contributed by atoms with van der Waals surface area (Å²) in [4.78, 5) is 6.35. The molecule has 4 heteroatoms. The van der Waals surface area contributed by atoms with Crippen LogP contribution in [0.4, 0.5) is 11.5 Å². The minimum absolute atomic E-state index is 0.113. The van der Waals surface area contributed by atoms with Crippen molar-refractivity contribution in [3.8, 4) is 0 Å². The Kier molecular flexibility index (Phi) is 3.55. The Labute approximate surface area is 108 Å². The fourth-order valence-corrected chi connectivity index (χ4v) is 1.86. The first-order valence-corrected chi connectivity index (χ1v) is 6.03. The third kappa shape index (κ3) is 2.64. The second kappa shape index (κ2) is 5.12. The lowest BCUT2D eigenvalue weighted by Crippen LogP contribution is -2.15. The van der Waals surface area contributed by atoms with Gasteiger partial charge in [0.15, 0.2) is 5.82 Å². The SMILES string of the molecule is Cc1ccc(C(C)Nc2cccnc2N(C)C)o1. The van der Waals surface area contributed by atoms with Crippen molar-refractivity contribution < 1.29 is 4.42 Å². The molecule has 1 N–H and O–H groups in total. The molecule has 0 saturated carbocycles. The average Bonchev–Trinajstić information content (AvgIpc) is 2.76. The first-order valence-electron chi connectivity index (χ1n) is 6.03. The van der Waals surface area contributed by atoms with Crippen molar-refractivity contribution in [2.45, 2.75) is 19.9 Å². The maximum absolute atomic E-state index is 5.62. The van der Waals surface area contributed by atoms with E-state index in [1.807, 2.05) is 50.2 Å². The van der Waals surface area contributed by atoms with Gasteiger partial charge in [0.1, 0.15) is 11.5 Å². The van der Waals surface area contributed by atoms with Crippen LogP contribution in [-0.4, -0.2) is 19.1 Å². The van der Waals surface area contributed by atoms with Crippen LogP contribution in [0.15, 0.2) is 34.9 Å². The van der Waals surface area contributed by atoms with E-state index < -0.39 is 0 Å². The lowest BCUT2D eigenvalue weighted by molar-refractivity contribution is 0.467. The van der Waals surface area contributed by atoms with Crippen molar-refractivity contribution in [1.82, 2.24) is 4.98 Å². The molecule has 0 aliphatic rings. The topological polar surface area (TPSA) is 41.3 Å². The Hall–Kier alpha value is -1.97. The molecule has 0 aliphatic heterocycles. The van der Waals surface area contributed by atoms with Gasteiger partial charge in [0, 0.05) is 20.3 Å². The third-order valence-corrected chi connectivity index (χ3v) is 2.77. The number of hydrogen-bond acceptors (Lipinski definition) is 4. The first kappa shape index (κ1) is 12.5. The highest BCUT2D eigenvalue weighted by Gasteiger charge is 2.12. The minimum Gasteiger partial charge on any atom is -0.464 e. The summed E-state index contributed by atoms with van der Waals surface area (Å²) < 4.78 is 5.62.